The van der Waals surface area contributed by atoms with E-state index in [-0.39, 0.29) is 22.9 Å². The Bertz CT molecular complexity index is 753. The number of aromatic nitrogens is 1. The molecular weight excluding hydrogens is 278 g/mol. The molecule has 2 rings (SSSR count). The predicted octanol–water partition coefficient (Wildman–Crippen LogP) is 1.64. The number of rotatable bonds is 4. The van der Waals surface area contributed by atoms with Crippen molar-refractivity contribution in [3.8, 4) is 6.07 Å². The van der Waals surface area contributed by atoms with Crippen molar-refractivity contribution in [2.45, 2.75) is 25.3 Å². The fourth-order valence-electron chi connectivity index (χ4n) is 1.64. The summed E-state index contributed by atoms with van der Waals surface area (Å²) in [7, 11) is -3.78. The number of oxazole rings is 1. The van der Waals surface area contributed by atoms with Crippen LogP contribution in [0.4, 0.5) is 0 Å². The Labute approximate surface area is 117 Å². The summed E-state index contributed by atoms with van der Waals surface area (Å²) in [5.41, 5.74) is 0.816. The van der Waals surface area contributed by atoms with Crippen molar-refractivity contribution in [3.63, 3.8) is 0 Å². The third kappa shape index (κ3) is 2.87. The third-order valence-electron chi connectivity index (χ3n) is 2.78. The Kier molecular flexibility index (Phi) is 3.88. The Morgan fingerprint density at radius 1 is 1.35 bits per heavy atom. The minimum Gasteiger partial charge on any atom is -0.444 e. The first-order chi connectivity index (χ1) is 9.44. The Morgan fingerprint density at radius 3 is 2.65 bits per heavy atom. The maximum absolute atomic E-state index is 12.1. The first kappa shape index (κ1) is 14.2. The van der Waals surface area contributed by atoms with Crippen molar-refractivity contribution in [2.75, 3.05) is 0 Å². The Morgan fingerprint density at radius 2 is 2.05 bits per heavy atom. The summed E-state index contributed by atoms with van der Waals surface area (Å²) >= 11 is 0. The van der Waals surface area contributed by atoms with Crippen molar-refractivity contribution in [1.82, 2.24) is 9.71 Å². The van der Waals surface area contributed by atoms with Gasteiger partial charge < -0.3 is 4.42 Å². The van der Waals surface area contributed by atoms with Gasteiger partial charge in [0.15, 0.2) is 0 Å². The van der Waals surface area contributed by atoms with Crippen LogP contribution >= 0.6 is 0 Å². The van der Waals surface area contributed by atoms with Crippen LogP contribution in [0.1, 0.15) is 22.9 Å². The zero-order chi connectivity index (χ0) is 14.8. The summed E-state index contributed by atoms with van der Waals surface area (Å²) in [6.07, 6.45) is 0. The minimum absolute atomic E-state index is 0.0532. The molecule has 1 aromatic carbocycles. The molecule has 0 spiro atoms. The molecule has 2 aromatic rings. The molecule has 104 valence electrons. The summed E-state index contributed by atoms with van der Waals surface area (Å²) < 4.78 is 32.0. The number of sulfonamides is 1. The molecule has 7 heteroatoms. The standard InChI is InChI=1S/C13H13N3O3S/c1-9-10(2)19-13(16-9)8-15-20(17,18)12-6-4-3-5-11(12)7-14/h3-6,15H,8H2,1-2H3. The van der Waals surface area contributed by atoms with E-state index >= 15 is 0 Å². The van der Waals surface area contributed by atoms with Crippen LogP contribution in [0.3, 0.4) is 0 Å². The van der Waals surface area contributed by atoms with E-state index in [0.717, 1.165) is 5.69 Å². The number of nitriles is 1. The van der Waals surface area contributed by atoms with Crippen LogP contribution in [-0.4, -0.2) is 13.4 Å². The van der Waals surface area contributed by atoms with Gasteiger partial charge in [-0.2, -0.15) is 5.26 Å². The quantitative estimate of drug-likeness (QED) is 0.923. The molecule has 0 aliphatic heterocycles. The van der Waals surface area contributed by atoms with E-state index in [4.69, 9.17) is 9.68 Å². The highest BCUT2D eigenvalue weighted by Crippen LogP contribution is 2.15. The Balaban J connectivity index is 2.22. The van der Waals surface area contributed by atoms with Gasteiger partial charge in [0, 0.05) is 0 Å². The van der Waals surface area contributed by atoms with E-state index in [9.17, 15) is 8.42 Å². The molecule has 0 amide bonds. The summed E-state index contributed by atoms with van der Waals surface area (Å²) in [4.78, 5) is 4.04. The highest BCUT2D eigenvalue weighted by atomic mass is 32.2. The van der Waals surface area contributed by atoms with Gasteiger partial charge in [-0.25, -0.2) is 18.1 Å². The van der Waals surface area contributed by atoms with Crippen LogP contribution < -0.4 is 4.72 Å². The van der Waals surface area contributed by atoms with Gasteiger partial charge in [0.2, 0.25) is 15.9 Å². The number of aryl methyl sites for hydroxylation is 2. The lowest BCUT2D eigenvalue weighted by Crippen LogP contribution is -2.24. The molecule has 6 nitrogen and oxygen atoms in total. The Hall–Kier alpha value is -2.17. The van der Waals surface area contributed by atoms with E-state index in [1.807, 2.05) is 6.07 Å². The van der Waals surface area contributed by atoms with Crippen LogP contribution in [-0.2, 0) is 16.6 Å². The van der Waals surface area contributed by atoms with Gasteiger partial charge in [-0.15, -0.1) is 0 Å². The molecule has 1 N–H and O–H groups in total. The second-order valence-corrected chi connectivity index (χ2v) is 5.92. The van der Waals surface area contributed by atoms with E-state index in [2.05, 4.69) is 9.71 Å². The fraction of sp³-hybridized carbons (Fsp3) is 0.231. The fourth-order valence-corrected chi connectivity index (χ4v) is 2.77. The van der Waals surface area contributed by atoms with E-state index in [1.165, 1.54) is 12.1 Å². The number of hydrogen-bond donors (Lipinski definition) is 1. The van der Waals surface area contributed by atoms with Crippen LogP contribution in [0, 0.1) is 25.2 Å². The molecule has 1 aromatic heterocycles. The number of benzene rings is 1. The van der Waals surface area contributed by atoms with Gasteiger partial charge in [0.05, 0.1) is 22.7 Å². The summed E-state index contributed by atoms with van der Waals surface area (Å²) in [6, 6.07) is 7.86. The lowest BCUT2D eigenvalue weighted by atomic mass is 10.2. The average molecular weight is 291 g/mol. The van der Waals surface area contributed by atoms with Crippen molar-refractivity contribution >= 4 is 10.0 Å². The average Bonchev–Trinajstić information content (AvgIpc) is 2.76. The molecule has 0 atom stereocenters. The maximum Gasteiger partial charge on any atom is 0.242 e. The van der Waals surface area contributed by atoms with Gasteiger partial charge in [-0.05, 0) is 26.0 Å². The van der Waals surface area contributed by atoms with Crippen molar-refractivity contribution in [3.05, 3.63) is 47.2 Å². The largest absolute Gasteiger partial charge is 0.444 e. The molecule has 0 saturated heterocycles. The molecule has 0 aliphatic rings. The maximum atomic E-state index is 12.1. The second-order valence-electron chi connectivity index (χ2n) is 4.18. The first-order valence-corrected chi connectivity index (χ1v) is 7.34. The van der Waals surface area contributed by atoms with Gasteiger partial charge in [0.1, 0.15) is 11.8 Å². The van der Waals surface area contributed by atoms with Gasteiger partial charge >= 0.3 is 0 Å². The van der Waals surface area contributed by atoms with Gasteiger partial charge in [-0.1, -0.05) is 12.1 Å². The molecule has 1 heterocycles. The van der Waals surface area contributed by atoms with Crippen LogP contribution in [0.15, 0.2) is 33.6 Å². The topological polar surface area (TPSA) is 96.0 Å². The smallest absolute Gasteiger partial charge is 0.242 e. The van der Waals surface area contributed by atoms with Gasteiger partial charge in [0.25, 0.3) is 0 Å². The second kappa shape index (κ2) is 5.45. The third-order valence-corrected chi connectivity index (χ3v) is 4.24. The minimum atomic E-state index is -3.78. The van der Waals surface area contributed by atoms with E-state index in [0.29, 0.717) is 5.76 Å². The van der Waals surface area contributed by atoms with Crippen LogP contribution in [0.25, 0.3) is 0 Å². The molecule has 20 heavy (non-hydrogen) atoms. The number of nitrogens with one attached hydrogen (secondary N) is 1. The van der Waals surface area contributed by atoms with Crippen LogP contribution in [0.2, 0.25) is 0 Å². The summed E-state index contributed by atoms with van der Waals surface area (Å²) in [5, 5.41) is 8.93. The van der Waals surface area contributed by atoms with Crippen molar-refractivity contribution in [2.24, 2.45) is 0 Å². The molecule has 0 fully saturated rings. The molecule has 0 bridgehead atoms. The van der Waals surface area contributed by atoms with Gasteiger partial charge in [-0.3, -0.25) is 0 Å². The normalized spacial score (nSPS) is 11.2. The summed E-state index contributed by atoms with van der Waals surface area (Å²) in [6.45, 7) is 3.48. The lowest BCUT2D eigenvalue weighted by Gasteiger charge is -2.06. The zero-order valence-electron chi connectivity index (χ0n) is 11.0. The van der Waals surface area contributed by atoms with E-state index in [1.54, 1.807) is 26.0 Å². The highest BCUT2D eigenvalue weighted by Gasteiger charge is 2.19. The molecule has 0 aliphatic carbocycles. The molecular formula is C13H13N3O3S. The first-order valence-electron chi connectivity index (χ1n) is 5.86. The molecule has 0 saturated carbocycles. The molecule has 0 radical (unpaired) electrons. The summed E-state index contributed by atoms with van der Waals surface area (Å²) in [5.74, 6) is 0.939. The van der Waals surface area contributed by atoms with Crippen molar-refractivity contribution < 1.29 is 12.8 Å². The van der Waals surface area contributed by atoms with Crippen LogP contribution in [0.5, 0.6) is 0 Å². The lowest BCUT2D eigenvalue weighted by molar-refractivity contribution is 0.463. The van der Waals surface area contributed by atoms with Crippen molar-refractivity contribution in [1.29, 1.82) is 5.26 Å². The SMILES string of the molecule is Cc1nc(CNS(=O)(=O)c2ccccc2C#N)oc1C. The monoisotopic (exact) mass is 291 g/mol. The van der Waals surface area contributed by atoms with E-state index < -0.39 is 10.0 Å². The predicted molar refractivity (Wildman–Crippen MR) is 71.2 cm³/mol. The number of hydrogen-bond acceptors (Lipinski definition) is 5. The zero-order valence-corrected chi connectivity index (χ0v) is 11.9. The number of nitrogens with zero attached hydrogens (tertiary/aromatic N) is 2. The molecule has 0 unspecified atom stereocenters. The highest BCUT2D eigenvalue weighted by molar-refractivity contribution is 7.89.